The number of nitrogens with two attached hydrogens (primary N) is 1. The first-order valence-electron chi connectivity index (χ1n) is 6.46. The Balaban J connectivity index is 1.63. The molecule has 96 valence electrons. The van der Waals surface area contributed by atoms with Crippen molar-refractivity contribution < 1.29 is 0 Å². The van der Waals surface area contributed by atoms with Crippen LogP contribution in [0.3, 0.4) is 0 Å². The zero-order valence-corrected chi connectivity index (χ0v) is 11.3. The lowest BCUT2D eigenvalue weighted by Crippen LogP contribution is -2.36. The summed E-state index contributed by atoms with van der Waals surface area (Å²) in [5.74, 6) is 1.22. The standard InChI is InChI=1S/C14H18ClN3/c1-18(11-6-7-11)14(16)17-13-8-12(13)9-2-4-10(15)5-3-9/h2-5,11-13H,6-8H2,1H3,(H2,16,17)/t12-,13-/m0/s1. The second-order valence-corrected chi connectivity index (χ2v) is 5.73. The molecular weight excluding hydrogens is 246 g/mol. The first kappa shape index (κ1) is 11.8. The maximum absolute atomic E-state index is 6.02. The van der Waals surface area contributed by atoms with Crippen molar-refractivity contribution in [2.24, 2.45) is 10.7 Å². The Morgan fingerprint density at radius 2 is 2.00 bits per heavy atom. The summed E-state index contributed by atoms with van der Waals surface area (Å²) in [4.78, 5) is 6.73. The minimum Gasteiger partial charge on any atom is -0.370 e. The Labute approximate surface area is 113 Å². The van der Waals surface area contributed by atoms with Crippen LogP contribution in [0, 0.1) is 0 Å². The molecule has 0 aromatic heterocycles. The lowest BCUT2D eigenvalue weighted by Gasteiger charge is -2.16. The van der Waals surface area contributed by atoms with Gasteiger partial charge in [-0.3, -0.25) is 0 Å². The van der Waals surface area contributed by atoms with Crippen molar-refractivity contribution in [1.29, 1.82) is 0 Å². The second kappa shape index (κ2) is 4.47. The van der Waals surface area contributed by atoms with Crippen molar-refractivity contribution in [3.05, 3.63) is 34.9 Å². The monoisotopic (exact) mass is 263 g/mol. The van der Waals surface area contributed by atoms with Crippen LogP contribution in [0.5, 0.6) is 0 Å². The molecule has 0 saturated heterocycles. The molecule has 2 aliphatic carbocycles. The van der Waals surface area contributed by atoms with E-state index < -0.39 is 0 Å². The van der Waals surface area contributed by atoms with Crippen molar-refractivity contribution in [2.75, 3.05) is 7.05 Å². The SMILES string of the molecule is CN(C(N)=N[C@H]1C[C@H]1c1ccc(Cl)cc1)C1CC1. The summed E-state index contributed by atoms with van der Waals surface area (Å²) in [7, 11) is 2.04. The summed E-state index contributed by atoms with van der Waals surface area (Å²) < 4.78 is 0. The molecule has 0 unspecified atom stereocenters. The van der Waals surface area contributed by atoms with Crippen LogP contribution >= 0.6 is 11.6 Å². The highest BCUT2D eigenvalue weighted by atomic mass is 35.5. The fourth-order valence-electron chi connectivity index (χ4n) is 2.30. The molecule has 2 atom stereocenters. The van der Waals surface area contributed by atoms with Crippen molar-refractivity contribution >= 4 is 17.6 Å². The number of hydrogen-bond donors (Lipinski definition) is 1. The Hall–Kier alpha value is -1.22. The molecule has 0 aliphatic heterocycles. The van der Waals surface area contributed by atoms with Gasteiger partial charge in [0.1, 0.15) is 0 Å². The average Bonchev–Trinajstić information content (AvgIpc) is 3.23. The molecule has 0 radical (unpaired) electrons. The van der Waals surface area contributed by atoms with Gasteiger partial charge in [0.15, 0.2) is 5.96 Å². The highest BCUT2D eigenvalue weighted by Gasteiger charge is 2.39. The van der Waals surface area contributed by atoms with Crippen LogP contribution in [-0.2, 0) is 0 Å². The Kier molecular flexibility index (Phi) is 2.94. The molecule has 4 heteroatoms. The van der Waals surface area contributed by atoms with Gasteiger partial charge in [-0.2, -0.15) is 0 Å². The van der Waals surface area contributed by atoms with Crippen LogP contribution in [-0.4, -0.2) is 30.0 Å². The molecule has 2 saturated carbocycles. The van der Waals surface area contributed by atoms with Gasteiger partial charge in [0.05, 0.1) is 6.04 Å². The molecule has 2 aliphatic rings. The normalized spacial score (nSPS) is 27.1. The minimum absolute atomic E-state index is 0.354. The smallest absolute Gasteiger partial charge is 0.191 e. The van der Waals surface area contributed by atoms with Gasteiger partial charge >= 0.3 is 0 Å². The van der Waals surface area contributed by atoms with Gasteiger partial charge in [0.2, 0.25) is 0 Å². The minimum atomic E-state index is 0.354. The van der Waals surface area contributed by atoms with Crippen molar-refractivity contribution in [3.8, 4) is 0 Å². The molecule has 0 amide bonds. The Bertz CT molecular complexity index is 464. The predicted octanol–water partition coefficient (Wildman–Crippen LogP) is 2.60. The van der Waals surface area contributed by atoms with E-state index in [-0.39, 0.29) is 0 Å². The molecule has 1 aromatic carbocycles. The maximum Gasteiger partial charge on any atom is 0.191 e. The molecule has 2 N–H and O–H groups in total. The number of guanidine groups is 1. The van der Waals surface area contributed by atoms with Crippen LogP contribution < -0.4 is 5.73 Å². The van der Waals surface area contributed by atoms with E-state index in [9.17, 15) is 0 Å². The number of rotatable bonds is 3. The van der Waals surface area contributed by atoms with Gasteiger partial charge in [-0.15, -0.1) is 0 Å². The number of benzene rings is 1. The summed E-state index contributed by atoms with van der Waals surface area (Å²) in [6, 6.07) is 9.03. The van der Waals surface area contributed by atoms with Crippen molar-refractivity contribution in [1.82, 2.24) is 4.90 Å². The van der Waals surface area contributed by atoms with E-state index in [1.165, 1.54) is 18.4 Å². The third kappa shape index (κ3) is 2.46. The Morgan fingerprint density at radius 3 is 2.61 bits per heavy atom. The molecule has 3 rings (SSSR count). The number of hydrogen-bond acceptors (Lipinski definition) is 1. The molecule has 1 aromatic rings. The number of halogens is 1. The van der Waals surface area contributed by atoms with Gasteiger partial charge in [-0.05, 0) is 37.0 Å². The third-order valence-electron chi connectivity index (χ3n) is 3.81. The molecule has 3 nitrogen and oxygen atoms in total. The summed E-state index contributed by atoms with van der Waals surface area (Å²) in [6.45, 7) is 0. The van der Waals surface area contributed by atoms with Crippen LogP contribution in [0.1, 0.15) is 30.7 Å². The maximum atomic E-state index is 6.02. The first-order chi connectivity index (χ1) is 8.65. The van der Waals surface area contributed by atoms with Gasteiger partial charge in [-0.1, -0.05) is 23.7 Å². The largest absolute Gasteiger partial charge is 0.370 e. The lowest BCUT2D eigenvalue weighted by molar-refractivity contribution is 0.487. The van der Waals surface area contributed by atoms with Crippen molar-refractivity contribution in [3.63, 3.8) is 0 Å². The molecule has 0 heterocycles. The summed E-state index contributed by atoms with van der Waals surface area (Å²) in [5, 5.41) is 0.785. The average molecular weight is 264 g/mol. The second-order valence-electron chi connectivity index (χ2n) is 5.29. The van der Waals surface area contributed by atoms with E-state index >= 15 is 0 Å². The van der Waals surface area contributed by atoms with Crippen LogP contribution in [0.2, 0.25) is 5.02 Å². The highest BCUT2D eigenvalue weighted by Crippen LogP contribution is 2.43. The fourth-order valence-corrected chi connectivity index (χ4v) is 2.43. The summed E-state index contributed by atoms with van der Waals surface area (Å²) >= 11 is 5.89. The van der Waals surface area contributed by atoms with Gasteiger partial charge in [-0.25, -0.2) is 4.99 Å². The van der Waals surface area contributed by atoms with E-state index in [2.05, 4.69) is 22.0 Å². The van der Waals surface area contributed by atoms with E-state index in [0.717, 1.165) is 11.4 Å². The molecule has 0 bridgehead atoms. The van der Waals surface area contributed by atoms with Gasteiger partial charge < -0.3 is 10.6 Å². The van der Waals surface area contributed by atoms with E-state index in [4.69, 9.17) is 17.3 Å². The fraction of sp³-hybridized carbons (Fsp3) is 0.500. The summed E-state index contributed by atoms with van der Waals surface area (Å²) in [6.07, 6.45) is 3.59. The van der Waals surface area contributed by atoms with E-state index in [0.29, 0.717) is 24.0 Å². The zero-order chi connectivity index (χ0) is 12.7. The van der Waals surface area contributed by atoms with Gasteiger partial charge in [0.25, 0.3) is 0 Å². The molecule has 18 heavy (non-hydrogen) atoms. The van der Waals surface area contributed by atoms with Crippen LogP contribution in [0.15, 0.2) is 29.3 Å². The Morgan fingerprint density at radius 1 is 1.33 bits per heavy atom. The van der Waals surface area contributed by atoms with Crippen molar-refractivity contribution in [2.45, 2.75) is 37.3 Å². The first-order valence-corrected chi connectivity index (χ1v) is 6.84. The number of nitrogens with zero attached hydrogens (tertiary/aromatic N) is 2. The molecule has 2 fully saturated rings. The summed E-state index contributed by atoms with van der Waals surface area (Å²) in [5.41, 5.74) is 7.33. The van der Waals surface area contributed by atoms with E-state index in [1.807, 2.05) is 19.2 Å². The molecule has 0 spiro atoms. The van der Waals surface area contributed by atoms with Gasteiger partial charge in [0, 0.05) is 24.0 Å². The van der Waals surface area contributed by atoms with Crippen LogP contribution in [0.25, 0.3) is 0 Å². The predicted molar refractivity (Wildman–Crippen MR) is 75.0 cm³/mol. The zero-order valence-electron chi connectivity index (χ0n) is 10.5. The van der Waals surface area contributed by atoms with E-state index in [1.54, 1.807) is 0 Å². The van der Waals surface area contributed by atoms with Crippen LogP contribution in [0.4, 0.5) is 0 Å². The lowest BCUT2D eigenvalue weighted by atomic mass is 10.1. The topological polar surface area (TPSA) is 41.6 Å². The third-order valence-corrected chi connectivity index (χ3v) is 4.06. The quantitative estimate of drug-likeness (QED) is 0.673. The molecular formula is C14H18ClN3. The highest BCUT2D eigenvalue weighted by molar-refractivity contribution is 6.30. The number of aliphatic imine (C=N–C) groups is 1.